The van der Waals surface area contributed by atoms with E-state index in [1.165, 1.54) is 7.11 Å². The van der Waals surface area contributed by atoms with Gasteiger partial charge in [0.2, 0.25) is 5.91 Å². The van der Waals surface area contributed by atoms with Crippen molar-refractivity contribution in [2.75, 3.05) is 19.5 Å². The molecule has 0 saturated heterocycles. The zero-order valence-electron chi connectivity index (χ0n) is 15.5. The first-order chi connectivity index (χ1) is 13.6. The van der Waals surface area contributed by atoms with Crippen LogP contribution in [0.3, 0.4) is 0 Å². The molecule has 7 heteroatoms. The lowest BCUT2D eigenvalue weighted by molar-refractivity contribution is -0.116. The molecule has 2 aromatic carbocycles. The number of nitrogens with zero attached hydrogens (tertiary/aromatic N) is 2. The van der Waals surface area contributed by atoms with Crippen molar-refractivity contribution >= 4 is 17.7 Å². The Labute approximate surface area is 161 Å². The first kappa shape index (κ1) is 17.8. The van der Waals surface area contributed by atoms with E-state index in [0.717, 1.165) is 22.7 Å². The normalized spacial score (nSPS) is 15.5. The maximum atomic E-state index is 12.4. The highest BCUT2D eigenvalue weighted by molar-refractivity contribution is 5.94. The van der Waals surface area contributed by atoms with Crippen LogP contribution in [0.4, 0.5) is 5.82 Å². The monoisotopic (exact) mass is 377 g/mol. The van der Waals surface area contributed by atoms with Crippen LogP contribution >= 0.6 is 0 Å². The molecule has 1 amide bonds. The van der Waals surface area contributed by atoms with Crippen molar-refractivity contribution in [2.24, 2.45) is 0 Å². The van der Waals surface area contributed by atoms with Gasteiger partial charge in [0.25, 0.3) is 0 Å². The SMILES string of the molecule is COC(=O)c1ccc(C2CC(=O)Nc3c2ncn3-c2ccc(OC)cc2)cc1. The fourth-order valence-corrected chi connectivity index (χ4v) is 3.39. The molecule has 0 saturated carbocycles. The Morgan fingerprint density at radius 1 is 1.11 bits per heavy atom. The molecule has 0 aliphatic carbocycles. The minimum absolute atomic E-state index is 0.0789. The summed E-state index contributed by atoms with van der Waals surface area (Å²) in [6, 6.07) is 14.6. The Kier molecular flexibility index (Phi) is 4.57. The number of benzene rings is 2. The number of hydrogen-bond donors (Lipinski definition) is 1. The van der Waals surface area contributed by atoms with Gasteiger partial charge >= 0.3 is 5.97 Å². The Hall–Kier alpha value is -3.61. The van der Waals surface area contributed by atoms with Gasteiger partial charge < -0.3 is 14.8 Å². The maximum absolute atomic E-state index is 12.4. The topological polar surface area (TPSA) is 82.5 Å². The Bertz CT molecular complexity index is 1020. The number of ether oxygens (including phenoxy) is 2. The van der Waals surface area contributed by atoms with Gasteiger partial charge in [0.15, 0.2) is 0 Å². The molecule has 3 aromatic rings. The molecule has 2 heterocycles. The third-order valence-corrected chi connectivity index (χ3v) is 4.86. The molecule has 28 heavy (non-hydrogen) atoms. The predicted octanol–water partition coefficient (Wildman–Crippen LogP) is 3.14. The molecular weight excluding hydrogens is 358 g/mol. The Morgan fingerprint density at radius 2 is 1.82 bits per heavy atom. The molecule has 1 atom stereocenters. The summed E-state index contributed by atoms with van der Waals surface area (Å²) in [4.78, 5) is 28.6. The van der Waals surface area contributed by atoms with Crippen LogP contribution in [-0.2, 0) is 9.53 Å². The number of imidazole rings is 1. The van der Waals surface area contributed by atoms with E-state index in [9.17, 15) is 9.59 Å². The lowest BCUT2D eigenvalue weighted by atomic mass is 9.89. The first-order valence-corrected chi connectivity index (χ1v) is 8.80. The summed E-state index contributed by atoms with van der Waals surface area (Å²) in [5.74, 6) is 0.756. The van der Waals surface area contributed by atoms with E-state index in [1.807, 2.05) is 41.0 Å². The summed E-state index contributed by atoms with van der Waals surface area (Å²) in [5.41, 5.74) is 3.05. The lowest BCUT2D eigenvalue weighted by Crippen LogP contribution is -2.25. The van der Waals surface area contributed by atoms with Gasteiger partial charge in [0.05, 0.1) is 25.5 Å². The number of anilines is 1. The van der Waals surface area contributed by atoms with Crippen molar-refractivity contribution < 1.29 is 19.1 Å². The summed E-state index contributed by atoms with van der Waals surface area (Å²) < 4.78 is 11.8. The number of rotatable bonds is 4. The average molecular weight is 377 g/mol. The van der Waals surface area contributed by atoms with Crippen molar-refractivity contribution in [3.63, 3.8) is 0 Å². The molecule has 1 aliphatic heterocycles. The highest BCUT2D eigenvalue weighted by Crippen LogP contribution is 2.37. The van der Waals surface area contributed by atoms with Gasteiger partial charge in [-0.3, -0.25) is 9.36 Å². The van der Waals surface area contributed by atoms with Gasteiger partial charge in [0.1, 0.15) is 17.9 Å². The largest absolute Gasteiger partial charge is 0.497 e. The standard InChI is InChI=1S/C21H19N3O4/c1-27-16-9-7-15(8-10-16)24-12-22-19-17(11-18(25)23-20(19)24)13-3-5-14(6-4-13)21(26)28-2/h3-10,12,17H,11H2,1-2H3,(H,23,25). The number of methoxy groups -OCH3 is 2. The lowest BCUT2D eigenvalue weighted by Gasteiger charge is -2.23. The Balaban J connectivity index is 1.71. The number of carbonyl (C=O) groups is 2. The molecular formula is C21H19N3O4. The van der Waals surface area contributed by atoms with Crippen molar-refractivity contribution in [1.82, 2.24) is 9.55 Å². The van der Waals surface area contributed by atoms with Gasteiger partial charge in [-0.05, 0) is 42.0 Å². The average Bonchev–Trinajstić information content (AvgIpc) is 3.16. The fourth-order valence-electron chi connectivity index (χ4n) is 3.39. The summed E-state index contributed by atoms with van der Waals surface area (Å²) >= 11 is 0. The molecule has 142 valence electrons. The predicted molar refractivity (Wildman–Crippen MR) is 103 cm³/mol. The number of carbonyl (C=O) groups excluding carboxylic acids is 2. The highest BCUT2D eigenvalue weighted by atomic mass is 16.5. The third kappa shape index (κ3) is 3.11. The van der Waals surface area contributed by atoms with Crippen molar-refractivity contribution in [3.05, 3.63) is 71.7 Å². The van der Waals surface area contributed by atoms with Gasteiger partial charge in [-0.1, -0.05) is 12.1 Å². The summed E-state index contributed by atoms with van der Waals surface area (Å²) in [7, 11) is 2.96. The van der Waals surface area contributed by atoms with E-state index in [-0.39, 0.29) is 11.8 Å². The van der Waals surface area contributed by atoms with Crippen LogP contribution in [0.5, 0.6) is 5.75 Å². The highest BCUT2D eigenvalue weighted by Gasteiger charge is 2.31. The maximum Gasteiger partial charge on any atom is 0.337 e. The summed E-state index contributed by atoms with van der Waals surface area (Å²) in [6.07, 6.45) is 2.00. The Morgan fingerprint density at radius 3 is 2.46 bits per heavy atom. The smallest absolute Gasteiger partial charge is 0.337 e. The number of fused-ring (bicyclic) bond motifs is 1. The minimum atomic E-state index is -0.391. The van der Waals surface area contributed by atoms with Gasteiger partial charge in [-0.25, -0.2) is 9.78 Å². The second-order valence-corrected chi connectivity index (χ2v) is 6.46. The van der Waals surface area contributed by atoms with Crippen molar-refractivity contribution in [3.8, 4) is 11.4 Å². The second kappa shape index (κ2) is 7.19. The van der Waals surface area contributed by atoms with Gasteiger partial charge in [-0.2, -0.15) is 0 Å². The molecule has 1 aliphatic rings. The number of aromatic nitrogens is 2. The summed E-state index contributed by atoms with van der Waals surface area (Å²) in [6.45, 7) is 0. The number of amides is 1. The quantitative estimate of drug-likeness (QED) is 0.707. The van der Waals surface area contributed by atoms with Crippen LogP contribution in [0.2, 0.25) is 0 Å². The summed E-state index contributed by atoms with van der Waals surface area (Å²) in [5, 5.41) is 2.93. The van der Waals surface area contributed by atoms with Crippen molar-refractivity contribution in [2.45, 2.75) is 12.3 Å². The van der Waals surface area contributed by atoms with E-state index in [1.54, 1.807) is 25.6 Å². The van der Waals surface area contributed by atoms with E-state index >= 15 is 0 Å². The van der Waals surface area contributed by atoms with E-state index in [4.69, 9.17) is 9.47 Å². The molecule has 1 N–H and O–H groups in total. The third-order valence-electron chi connectivity index (χ3n) is 4.86. The molecule has 0 radical (unpaired) electrons. The van der Waals surface area contributed by atoms with E-state index in [2.05, 4.69) is 10.3 Å². The number of esters is 1. The zero-order valence-corrected chi connectivity index (χ0v) is 15.5. The molecule has 1 aromatic heterocycles. The number of nitrogens with one attached hydrogen (secondary N) is 1. The van der Waals surface area contributed by atoms with E-state index in [0.29, 0.717) is 17.8 Å². The second-order valence-electron chi connectivity index (χ2n) is 6.46. The molecule has 7 nitrogen and oxygen atoms in total. The van der Waals surface area contributed by atoms with Gasteiger partial charge in [-0.15, -0.1) is 0 Å². The van der Waals surface area contributed by atoms with Crippen LogP contribution in [0, 0.1) is 0 Å². The number of hydrogen-bond acceptors (Lipinski definition) is 5. The van der Waals surface area contributed by atoms with Crippen LogP contribution < -0.4 is 10.1 Å². The molecule has 0 spiro atoms. The zero-order chi connectivity index (χ0) is 19.7. The van der Waals surface area contributed by atoms with Crippen LogP contribution in [0.15, 0.2) is 54.9 Å². The van der Waals surface area contributed by atoms with Crippen LogP contribution in [0.1, 0.15) is 34.0 Å². The fraction of sp³-hybridized carbons (Fsp3) is 0.190. The molecule has 0 fully saturated rings. The molecule has 1 unspecified atom stereocenters. The molecule has 4 rings (SSSR count). The van der Waals surface area contributed by atoms with Crippen molar-refractivity contribution in [1.29, 1.82) is 0 Å². The van der Waals surface area contributed by atoms with Gasteiger partial charge in [0, 0.05) is 18.0 Å². The van der Waals surface area contributed by atoms with Crippen LogP contribution in [0.25, 0.3) is 5.69 Å². The first-order valence-electron chi connectivity index (χ1n) is 8.80. The molecule has 0 bridgehead atoms. The van der Waals surface area contributed by atoms with Crippen LogP contribution in [-0.4, -0.2) is 35.6 Å². The van der Waals surface area contributed by atoms with E-state index < -0.39 is 5.97 Å². The minimum Gasteiger partial charge on any atom is -0.497 e.